The Morgan fingerprint density at radius 1 is 1.18 bits per heavy atom. The third kappa shape index (κ3) is 4.14. The largest absolute Gasteiger partial charge is 0.313 e. The van der Waals surface area contributed by atoms with Crippen molar-refractivity contribution in [2.75, 3.05) is 13.6 Å². The highest BCUT2D eigenvalue weighted by Gasteiger charge is 2.25. The van der Waals surface area contributed by atoms with Gasteiger partial charge >= 0.3 is 0 Å². The third-order valence-electron chi connectivity index (χ3n) is 3.38. The van der Waals surface area contributed by atoms with Crippen molar-refractivity contribution in [3.63, 3.8) is 0 Å². The number of hydrogen-bond donors (Lipinski definition) is 1. The minimum atomic E-state index is 0.848. The molecule has 0 unspecified atom stereocenters. The third-order valence-corrected chi connectivity index (χ3v) is 3.38. The standard InChI is InChI=1S/C15H24N2/c1-3-10-16-11-13-4-6-14(7-5-13)12-17(2)15-8-9-15/h4-7,15-16H,3,8-12H2,1-2H3. The Bertz CT molecular complexity index is 327. The molecule has 1 aliphatic carbocycles. The Labute approximate surface area is 105 Å². The summed E-state index contributed by atoms with van der Waals surface area (Å²) in [5, 5.41) is 3.43. The lowest BCUT2D eigenvalue weighted by Crippen LogP contribution is -2.20. The van der Waals surface area contributed by atoms with Crippen LogP contribution in [-0.4, -0.2) is 24.5 Å². The van der Waals surface area contributed by atoms with Gasteiger partial charge in [0.25, 0.3) is 0 Å². The average Bonchev–Trinajstić information content (AvgIpc) is 3.16. The van der Waals surface area contributed by atoms with Gasteiger partial charge in [0, 0.05) is 19.1 Å². The first-order chi connectivity index (χ1) is 8.29. The Balaban J connectivity index is 1.79. The van der Waals surface area contributed by atoms with Crippen LogP contribution in [0.25, 0.3) is 0 Å². The topological polar surface area (TPSA) is 15.3 Å². The Morgan fingerprint density at radius 2 is 1.82 bits per heavy atom. The maximum atomic E-state index is 3.43. The molecule has 2 nitrogen and oxygen atoms in total. The summed E-state index contributed by atoms with van der Waals surface area (Å²) in [4.78, 5) is 2.46. The molecular weight excluding hydrogens is 208 g/mol. The lowest BCUT2D eigenvalue weighted by Gasteiger charge is -2.15. The zero-order chi connectivity index (χ0) is 12.1. The van der Waals surface area contributed by atoms with Gasteiger partial charge < -0.3 is 5.32 Å². The fraction of sp³-hybridized carbons (Fsp3) is 0.600. The van der Waals surface area contributed by atoms with E-state index in [1.54, 1.807) is 0 Å². The molecule has 1 N–H and O–H groups in total. The molecule has 0 spiro atoms. The first-order valence-corrected chi connectivity index (χ1v) is 6.78. The van der Waals surface area contributed by atoms with Crippen LogP contribution in [0.4, 0.5) is 0 Å². The van der Waals surface area contributed by atoms with Crippen LogP contribution in [0.2, 0.25) is 0 Å². The van der Waals surface area contributed by atoms with E-state index in [1.165, 1.54) is 30.4 Å². The van der Waals surface area contributed by atoms with Gasteiger partial charge in [-0.15, -0.1) is 0 Å². The molecule has 0 radical (unpaired) electrons. The fourth-order valence-electron chi connectivity index (χ4n) is 2.10. The van der Waals surface area contributed by atoms with E-state index in [2.05, 4.69) is 48.5 Å². The van der Waals surface area contributed by atoms with Crippen molar-refractivity contribution in [1.82, 2.24) is 10.2 Å². The van der Waals surface area contributed by atoms with Crippen molar-refractivity contribution in [2.24, 2.45) is 0 Å². The predicted molar refractivity (Wildman–Crippen MR) is 72.9 cm³/mol. The molecule has 1 aromatic carbocycles. The van der Waals surface area contributed by atoms with Crippen LogP contribution in [0.3, 0.4) is 0 Å². The fourth-order valence-corrected chi connectivity index (χ4v) is 2.10. The zero-order valence-electron chi connectivity index (χ0n) is 11.1. The van der Waals surface area contributed by atoms with E-state index in [-0.39, 0.29) is 0 Å². The van der Waals surface area contributed by atoms with Gasteiger partial charge in [0.2, 0.25) is 0 Å². The van der Waals surface area contributed by atoms with Crippen molar-refractivity contribution in [1.29, 1.82) is 0 Å². The SMILES string of the molecule is CCCNCc1ccc(CN(C)C2CC2)cc1. The van der Waals surface area contributed by atoms with Gasteiger partial charge in [0.15, 0.2) is 0 Å². The molecule has 17 heavy (non-hydrogen) atoms. The summed E-state index contributed by atoms with van der Waals surface area (Å²) in [5.74, 6) is 0. The van der Waals surface area contributed by atoms with Crippen LogP contribution >= 0.6 is 0 Å². The lowest BCUT2D eigenvalue weighted by atomic mass is 10.1. The van der Waals surface area contributed by atoms with E-state index in [0.717, 1.165) is 25.7 Å². The molecule has 0 saturated heterocycles. The number of benzene rings is 1. The highest BCUT2D eigenvalue weighted by Crippen LogP contribution is 2.26. The van der Waals surface area contributed by atoms with E-state index in [9.17, 15) is 0 Å². The number of nitrogens with one attached hydrogen (secondary N) is 1. The molecule has 0 atom stereocenters. The van der Waals surface area contributed by atoms with Crippen molar-refractivity contribution >= 4 is 0 Å². The summed E-state index contributed by atoms with van der Waals surface area (Å²) >= 11 is 0. The first-order valence-electron chi connectivity index (χ1n) is 6.78. The molecule has 1 saturated carbocycles. The lowest BCUT2D eigenvalue weighted by molar-refractivity contribution is 0.316. The maximum Gasteiger partial charge on any atom is 0.0233 e. The summed E-state index contributed by atoms with van der Waals surface area (Å²) < 4.78 is 0. The second-order valence-electron chi connectivity index (χ2n) is 5.14. The van der Waals surface area contributed by atoms with E-state index in [0.29, 0.717) is 0 Å². The highest BCUT2D eigenvalue weighted by molar-refractivity contribution is 5.22. The Kier molecular flexibility index (Phi) is 4.57. The van der Waals surface area contributed by atoms with Crippen molar-refractivity contribution in [3.05, 3.63) is 35.4 Å². The van der Waals surface area contributed by atoms with Crippen LogP contribution in [0, 0.1) is 0 Å². The van der Waals surface area contributed by atoms with Crippen LogP contribution in [0.1, 0.15) is 37.3 Å². The van der Waals surface area contributed by atoms with E-state index in [4.69, 9.17) is 0 Å². The zero-order valence-corrected chi connectivity index (χ0v) is 11.1. The Morgan fingerprint density at radius 3 is 2.41 bits per heavy atom. The predicted octanol–water partition coefficient (Wildman–Crippen LogP) is 2.78. The second kappa shape index (κ2) is 6.18. The van der Waals surface area contributed by atoms with Crippen LogP contribution in [-0.2, 0) is 13.1 Å². The van der Waals surface area contributed by atoms with E-state index >= 15 is 0 Å². The minimum Gasteiger partial charge on any atom is -0.313 e. The highest BCUT2D eigenvalue weighted by atomic mass is 15.1. The van der Waals surface area contributed by atoms with Crippen LogP contribution in [0.15, 0.2) is 24.3 Å². The van der Waals surface area contributed by atoms with Crippen molar-refractivity contribution < 1.29 is 0 Å². The molecule has 0 heterocycles. The van der Waals surface area contributed by atoms with Gasteiger partial charge in [0.05, 0.1) is 0 Å². The van der Waals surface area contributed by atoms with Gasteiger partial charge in [-0.05, 0) is 44.0 Å². The molecule has 2 heteroatoms. The molecular formula is C15H24N2. The quantitative estimate of drug-likeness (QED) is 0.727. The normalized spacial score (nSPS) is 15.5. The maximum absolute atomic E-state index is 3.43. The monoisotopic (exact) mass is 232 g/mol. The average molecular weight is 232 g/mol. The van der Waals surface area contributed by atoms with Crippen molar-refractivity contribution in [3.8, 4) is 0 Å². The number of hydrogen-bond acceptors (Lipinski definition) is 2. The van der Waals surface area contributed by atoms with Gasteiger partial charge in [-0.2, -0.15) is 0 Å². The smallest absolute Gasteiger partial charge is 0.0233 e. The molecule has 0 aliphatic heterocycles. The molecule has 0 bridgehead atoms. The second-order valence-corrected chi connectivity index (χ2v) is 5.14. The summed E-state index contributed by atoms with van der Waals surface area (Å²) in [5.41, 5.74) is 2.81. The summed E-state index contributed by atoms with van der Waals surface area (Å²) in [6, 6.07) is 9.88. The molecule has 0 aromatic heterocycles. The van der Waals surface area contributed by atoms with Crippen LogP contribution < -0.4 is 5.32 Å². The molecule has 0 amide bonds. The Hall–Kier alpha value is -0.860. The summed E-state index contributed by atoms with van der Waals surface area (Å²) in [7, 11) is 2.23. The summed E-state index contributed by atoms with van der Waals surface area (Å²) in [6.45, 7) is 5.38. The molecule has 94 valence electrons. The van der Waals surface area contributed by atoms with Crippen molar-refractivity contribution in [2.45, 2.75) is 45.3 Å². The molecule has 2 rings (SSSR count). The van der Waals surface area contributed by atoms with E-state index in [1.807, 2.05) is 0 Å². The van der Waals surface area contributed by atoms with Crippen LogP contribution in [0.5, 0.6) is 0 Å². The molecule has 1 aliphatic rings. The van der Waals surface area contributed by atoms with Gasteiger partial charge in [-0.25, -0.2) is 0 Å². The van der Waals surface area contributed by atoms with Gasteiger partial charge in [-0.1, -0.05) is 31.2 Å². The van der Waals surface area contributed by atoms with Gasteiger partial charge in [-0.3, -0.25) is 4.90 Å². The summed E-state index contributed by atoms with van der Waals surface area (Å²) in [6.07, 6.45) is 3.97. The number of rotatable bonds is 7. The molecule has 1 aromatic rings. The molecule has 1 fully saturated rings. The van der Waals surface area contributed by atoms with Gasteiger partial charge in [0.1, 0.15) is 0 Å². The minimum absolute atomic E-state index is 0.848. The number of nitrogens with zero attached hydrogens (tertiary/aromatic N) is 1. The first kappa shape index (κ1) is 12.6. The van der Waals surface area contributed by atoms with E-state index < -0.39 is 0 Å².